The summed E-state index contributed by atoms with van der Waals surface area (Å²) in [7, 11) is 0. The fourth-order valence-electron chi connectivity index (χ4n) is 1.64. The molecular weight excluding hydrogens is 230 g/mol. The van der Waals surface area contributed by atoms with Crippen LogP contribution in [0.2, 0.25) is 0 Å². The second-order valence-corrected chi connectivity index (χ2v) is 5.22. The van der Waals surface area contributed by atoms with Gasteiger partial charge in [0.05, 0.1) is 6.42 Å². The molecule has 0 aliphatic heterocycles. The highest BCUT2D eigenvalue weighted by Crippen LogP contribution is 2.15. The molecule has 0 atom stereocenters. The van der Waals surface area contributed by atoms with Crippen molar-refractivity contribution in [3.63, 3.8) is 0 Å². The van der Waals surface area contributed by atoms with E-state index in [1.165, 1.54) is 5.56 Å². The molecule has 0 saturated carbocycles. The molecule has 3 heteroatoms. The fraction of sp³-hybridized carbons (Fsp3) is 0.286. The number of ketones is 1. The maximum atomic E-state index is 12.1. The zero-order valence-corrected chi connectivity index (χ0v) is 11.1. The van der Waals surface area contributed by atoms with Crippen molar-refractivity contribution >= 4 is 17.1 Å². The summed E-state index contributed by atoms with van der Waals surface area (Å²) in [4.78, 5) is 16.4. The number of hydrogen-bond acceptors (Lipinski definition) is 3. The van der Waals surface area contributed by atoms with Crippen LogP contribution in [0.3, 0.4) is 0 Å². The molecule has 1 heterocycles. The lowest BCUT2D eigenvalue weighted by Gasteiger charge is -2.03. The van der Waals surface area contributed by atoms with Crippen LogP contribution in [0.25, 0.3) is 0 Å². The molecule has 0 unspecified atom stereocenters. The highest BCUT2D eigenvalue weighted by atomic mass is 32.1. The van der Waals surface area contributed by atoms with Gasteiger partial charge in [0.25, 0.3) is 0 Å². The molecule has 0 bridgehead atoms. The normalized spacial score (nSPS) is 10.5. The Morgan fingerprint density at radius 3 is 2.59 bits per heavy atom. The Balaban J connectivity index is 2.17. The molecule has 17 heavy (non-hydrogen) atoms. The number of benzene rings is 1. The van der Waals surface area contributed by atoms with E-state index in [1.807, 2.05) is 44.4 Å². The van der Waals surface area contributed by atoms with Gasteiger partial charge >= 0.3 is 0 Å². The summed E-state index contributed by atoms with van der Waals surface area (Å²) in [6.07, 6.45) is 0.404. The summed E-state index contributed by atoms with van der Waals surface area (Å²) in [6.45, 7) is 6.02. The van der Waals surface area contributed by atoms with E-state index in [4.69, 9.17) is 0 Å². The molecule has 0 N–H and O–H groups in total. The van der Waals surface area contributed by atoms with Crippen molar-refractivity contribution in [3.05, 3.63) is 51.0 Å². The third-order valence-electron chi connectivity index (χ3n) is 2.81. The molecule has 0 amide bonds. The lowest BCUT2D eigenvalue weighted by atomic mass is 10.0. The molecule has 0 radical (unpaired) electrons. The fourth-order valence-corrected chi connectivity index (χ4v) is 2.41. The second-order valence-electron chi connectivity index (χ2n) is 4.28. The van der Waals surface area contributed by atoms with Crippen LogP contribution in [0.15, 0.2) is 23.6 Å². The molecule has 0 fully saturated rings. The average molecular weight is 245 g/mol. The van der Waals surface area contributed by atoms with E-state index < -0.39 is 0 Å². The number of nitrogens with zero attached hydrogens (tertiary/aromatic N) is 1. The molecule has 0 aliphatic rings. The topological polar surface area (TPSA) is 30.0 Å². The number of carbonyl (C=O) groups excluding carboxylic acids is 1. The minimum absolute atomic E-state index is 0.141. The standard InChI is InChI=1S/C14H15NOS/c1-9-4-5-12(6-10(9)2)13(16)7-14-15-11(3)8-17-14/h4-6,8H,7H2,1-3H3. The SMILES string of the molecule is Cc1csc(CC(=O)c2ccc(C)c(C)c2)n1. The maximum Gasteiger partial charge on any atom is 0.169 e. The predicted molar refractivity (Wildman–Crippen MR) is 70.8 cm³/mol. The molecule has 88 valence electrons. The van der Waals surface area contributed by atoms with Gasteiger partial charge in [-0.1, -0.05) is 12.1 Å². The van der Waals surface area contributed by atoms with E-state index in [2.05, 4.69) is 4.98 Å². The van der Waals surface area contributed by atoms with E-state index >= 15 is 0 Å². The number of carbonyl (C=O) groups is 1. The van der Waals surface area contributed by atoms with Crippen molar-refractivity contribution in [3.8, 4) is 0 Å². The summed E-state index contributed by atoms with van der Waals surface area (Å²) < 4.78 is 0. The molecule has 0 aliphatic carbocycles. The van der Waals surface area contributed by atoms with Gasteiger partial charge in [0.2, 0.25) is 0 Å². The minimum Gasteiger partial charge on any atom is -0.294 e. The van der Waals surface area contributed by atoms with Crippen molar-refractivity contribution < 1.29 is 4.79 Å². The van der Waals surface area contributed by atoms with Gasteiger partial charge in [-0.25, -0.2) is 4.98 Å². The molecule has 2 aromatic rings. The van der Waals surface area contributed by atoms with Gasteiger partial charge in [-0.2, -0.15) is 0 Å². The van der Waals surface area contributed by atoms with Crippen molar-refractivity contribution in [2.45, 2.75) is 27.2 Å². The van der Waals surface area contributed by atoms with Crippen LogP contribution in [-0.2, 0) is 6.42 Å². The number of Topliss-reactive ketones (excluding diaryl/α,β-unsaturated/α-hetero) is 1. The van der Waals surface area contributed by atoms with Gasteiger partial charge in [0, 0.05) is 16.6 Å². The maximum absolute atomic E-state index is 12.1. The summed E-state index contributed by atoms with van der Waals surface area (Å²) in [5, 5.41) is 2.87. The van der Waals surface area contributed by atoms with Crippen molar-refractivity contribution in [2.75, 3.05) is 0 Å². The van der Waals surface area contributed by atoms with Crippen molar-refractivity contribution in [1.29, 1.82) is 0 Å². The average Bonchev–Trinajstić information content (AvgIpc) is 2.68. The largest absolute Gasteiger partial charge is 0.294 e. The monoisotopic (exact) mass is 245 g/mol. The Bertz CT molecular complexity index is 557. The molecule has 0 spiro atoms. The van der Waals surface area contributed by atoms with E-state index in [0.29, 0.717) is 6.42 Å². The van der Waals surface area contributed by atoms with Crippen LogP contribution in [0.5, 0.6) is 0 Å². The number of thiazole rings is 1. The van der Waals surface area contributed by atoms with Gasteiger partial charge in [-0.15, -0.1) is 11.3 Å². The third-order valence-corrected chi connectivity index (χ3v) is 3.77. The molecular formula is C14H15NOS. The molecule has 1 aromatic carbocycles. The first kappa shape index (κ1) is 12.0. The van der Waals surface area contributed by atoms with E-state index in [0.717, 1.165) is 21.8 Å². The summed E-state index contributed by atoms with van der Waals surface area (Å²) in [5.41, 5.74) is 4.14. The van der Waals surface area contributed by atoms with Crippen molar-refractivity contribution in [1.82, 2.24) is 4.98 Å². The Morgan fingerprint density at radius 2 is 2.00 bits per heavy atom. The van der Waals surface area contributed by atoms with Crippen LogP contribution in [0, 0.1) is 20.8 Å². The van der Waals surface area contributed by atoms with Gasteiger partial charge in [0.15, 0.2) is 5.78 Å². The van der Waals surface area contributed by atoms with Crippen molar-refractivity contribution in [2.24, 2.45) is 0 Å². The third kappa shape index (κ3) is 2.80. The van der Waals surface area contributed by atoms with Gasteiger partial charge in [0.1, 0.15) is 5.01 Å². The smallest absolute Gasteiger partial charge is 0.169 e. The van der Waals surface area contributed by atoms with E-state index in [9.17, 15) is 4.79 Å². The lowest BCUT2D eigenvalue weighted by molar-refractivity contribution is 0.0993. The Hall–Kier alpha value is -1.48. The minimum atomic E-state index is 0.141. The summed E-state index contributed by atoms with van der Waals surface area (Å²) in [6, 6.07) is 5.85. The highest BCUT2D eigenvalue weighted by Gasteiger charge is 2.10. The van der Waals surface area contributed by atoms with Gasteiger partial charge < -0.3 is 0 Å². The molecule has 2 rings (SSSR count). The Morgan fingerprint density at radius 1 is 1.24 bits per heavy atom. The van der Waals surface area contributed by atoms with Crippen LogP contribution in [0.1, 0.15) is 32.2 Å². The number of rotatable bonds is 3. The zero-order chi connectivity index (χ0) is 12.4. The van der Waals surface area contributed by atoms with Crippen LogP contribution in [0.4, 0.5) is 0 Å². The predicted octanol–water partition coefficient (Wildman–Crippen LogP) is 3.49. The summed E-state index contributed by atoms with van der Waals surface area (Å²) >= 11 is 1.55. The first-order chi connectivity index (χ1) is 8.06. The lowest BCUT2D eigenvalue weighted by Crippen LogP contribution is -2.04. The first-order valence-electron chi connectivity index (χ1n) is 5.57. The number of hydrogen-bond donors (Lipinski definition) is 0. The van der Waals surface area contributed by atoms with E-state index in [-0.39, 0.29) is 5.78 Å². The highest BCUT2D eigenvalue weighted by molar-refractivity contribution is 7.09. The molecule has 0 saturated heterocycles. The van der Waals surface area contributed by atoms with E-state index in [1.54, 1.807) is 11.3 Å². The van der Waals surface area contributed by atoms with Gasteiger partial charge in [-0.05, 0) is 38.0 Å². The van der Waals surface area contributed by atoms with Gasteiger partial charge in [-0.3, -0.25) is 4.79 Å². The Labute approximate surface area is 105 Å². The van der Waals surface area contributed by atoms with Crippen LogP contribution in [-0.4, -0.2) is 10.8 Å². The molecule has 1 aromatic heterocycles. The Kier molecular flexibility index (Phi) is 3.38. The number of aryl methyl sites for hydroxylation is 3. The van der Waals surface area contributed by atoms with Crippen LogP contribution >= 0.6 is 11.3 Å². The molecule has 2 nitrogen and oxygen atoms in total. The second kappa shape index (κ2) is 4.80. The zero-order valence-electron chi connectivity index (χ0n) is 10.3. The summed E-state index contributed by atoms with van der Waals surface area (Å²) in [5.74, 6) is 0.141. The first-order valence-corrected chi connectivity index (χ1v) is 6.45. The van der Waals surface area contributed by atoms with Crippen LogP contribution < -0.4 is 0 Å². The quantitative estimate of drug-likeness (QED) is 0.775. The number of aromatic nitrogens is 1.